The first-order valence-electron chi connectivity index (χ1n) is 4.32. The number of hydrogen-bond acceptors (Lipinski definition) is 2. The van der Waals surface area contributed by atoms with Crippen LogP contribution in [0.2, 0.25) is 0 Å². The maximum absolute atomic E-state index is 13.2. The molecule has 15 heavy (non-hydrogen) atoms. The van der Waals surface area contributed by atoms with Gasteiger partial charge in [-0.25, -0.2) is 4.39 Å². The van der Waals surface area contributed by atoms with Crippen LogP contribution in [0.1, 0.15) is 10.4 Å². The van der Waals surface area contributed by atoms with Crippen molar-refractivity contribution in [1.29, 1.82) is 0 Å². The van der Waals surface area contributed by atoms with Gasteiger partial charge in [0, 0.05) is 3.57 Å². The monoisotopic (exact) mass is 320 g/mol. The van der Waals surface area contributed by atoms with Crippen molar-refractivity contribution in [1.82, 2.24) is 0 Å². The number of ether oxygens (including phenoxy) is 1. The zero-order valence-electron chi connectivity index (χ0n) is 8.00. The summed E-state index contributed by atoms with van der Waals surface area (Å²) in [4.78, 5) is 11.5. The summed E-state index contributed by atoms with van der Waals surface area (Å²) in [7, 11) is 0. The molecule has 80 valence electrons. The molecule has 0 N–H and O–H groups in total. The molecule has 0 aliphatic carbocycles. The van der Waals surface area contributed by atoms with Crippen molar-refractivity contribution in [3.63, 3.8) is 0 Å². The lowest BCUT2D eigenvalue weighted by molar-refractivity contribution is 0.0802. The molecule has 0 spiro atoms. The molecular formula is C11H10FIO2. The molecule has 1 aromatic rings. The Morgan fingerprint density at radius 3 is 3.00 bits per heavy atom. The predicted molar refractivity (Wildman–Crippen MR) is 64.5 cm³/mol. The summed E-state index contributed by atoms with van der Waals surface area (Å²) in [5.41, 5.74) is 0.0750. The molecule has 0 saturated carbocycles. The largest absolute Gasteiger partial charge is 0.369 e. The Balaban J connectivity index is 2.72. The van der Waals surface area contributed by atoms with Crippen LogP contribution in [0.3, 0.4) is 0 Å². The topological polar surface area (TPSA) is 26.3 Å². The summed E-state index contributed by atoms with van der Waals surface area (Å²) in [6.07, 6.45) is 1.54. The molecule has 0 fully saturated rings. The van der Waals surface area contributed by atoms with E-state index in [0.717, 1.165) is 3.57 Å². The smallest absolute Gasteiger partial charge is 0.191 e. The van der Waals surface area contributed by atoms with Gasteiger partial charge in [0.15, 0.2) is 5.78 Å². The van der Waals surface area contributed by atoms with E-state index in [1.165, 1.54) is 12.1 Å². The van der Waals surface area contributed by atoms with E-state index in [2.05, 4.69) is 6.58 Å². The fraction of sp³-hybridized carbons (Fsp3) is 0.182. The number of Topliss-reactive ketones (excluding diaryl/α,β-unsaturated/α-hetero) is 1. The standard InChI is InChI=1S/C11H10FIO2/c1-2-5-15-7-11(14)9-6-8(13)3-4-10(9)12/h2-4,6H,1,5,7H2. The van der Waals surface area contributed by atoms with Crippen LogP contribution in [0.4, 0.5) is 4.39 Å². The Morgan fingerprint density at radius 1 is 1.60 bits per heavy atom. The Kier molecular flexibility index (Phi) is 4.90. The molecule has 4 heteroatoms. The van der Waals surface area contributed by atoms with Crippen LogP contribution in [0.25, 0.3) is 0 Å². The zero-order chi connectivity index (χ0) is 11.3. The highest BCUT2D eigenvalue weighted by Gasteiger charge is 2.11. The Hall–Kier alpha value is -0.750. The van der Waals surface area contributed by atoms with E-state index in [0.29, 0.717) is 0 Å². The number of rotatable bonds is 5. The molecule has 0 aromatic heterocycles. The Morgan fingerprint density at radius 2 is 2.33 bits per heavy atom. The molecule has 1 aromatic carbocycles. The van der Waals surface area contributed by atoms with Crippen LogP contribution in [-0.2, 0) is 4.74 Å². The molecule has 1 rings (SSSR count). The minimum Gasteiger partial charge on any atom is -0.369 e. The fourth-order valence-electron chi connectivity index (χ4n) is 1.02. The van der Waals surface area contributed by atoms with Gasteiger partial charge in [-0.2, -0.15) is 0 Å². The van der Waals surface area contributed by atoms with Crippen molar-refractivity contribution in [3.8, 4) is 0 Å². The van der Waals surface area contributed by atoms with Gasteiger partial charge >= 0.3 is 0 Å². The maximum atomic E-state index is 13.2. The van der Waals surface area contributed by atoms with Crippen molar-refractivity contribution in [2.75, 3.05) is 13.2 Å². The van der Waals surface area contributed by atoms with Gasteiger partial charge < -0.3 is 4.74 Å². The Bertz CT molecular complexity index is 377. The molecule has 0 bridgehead atoms. The molecule has 0 unspecified atom stereocenters. The molecule has 0 radical (unpaired) electrons. The first kappa shape index (κ1) is 12.3. The minimum atomic E-state index is -0.511. The highest BCUT2D eigenvalue weighted by molar-refractivity contribution is 14.1. The van der Waals surface area contributed by atoms with Crippen LogP contribution in [-0.4, -0.2) is 19.0 Å². The lowest BCUT2D eigenvalue weighted by atomic mass is 10.1. The third-order valence-electron chi connectivity index (χ3n) is 1.70. The maximum Gasteiger partial charge on any atom is 0.191 e. The normalized spacial score (nSPS) is 10.0. The first-order chi connectivity index (χ1) is 7.15. The lowest BCUT2D eigenvalue weighted by Gasteiger charge is -2.03. The molecule has 0 aliphatic rings. The van der Waals surface area contributed by atoms with Crippen LogP contribution < -0.4 is 0 Å². The second kappa shape index (κ2) is 5.97. The number of carbonyl (C=O) groups excluding carboxylic acids is 1. The second-order valence-electron chi connectivity index (χ2n) is 2.85. The fourth-order valence-corrected chi connectivity index (χ4v) is 1.52. The molecule has 0 atom stereocenters. The Labute approximate surface area is 101 Å². The summed E-state index contributed by atoms with van der Waals surface area (Å²) >= 11 is 2.02. The zero-order valence-corrected chi connectivity index (χ0v) is 10.2. The molecule has 0 aliphatic heterocycles. The summed E-state index contributed by atoms with van der Waals surface area (Å²) in [6.45, 7) is 3.62. The quantitative estimate of drug-likeness (QED) is 0.361. The van der Waals surface area contributed by atoms with Crippen LogP contribution in [0, 0.1) is 9.39 Å². The van der Waals surface area contributed by atoms with Crippen molar-refractivity contribution >= 4 is 28.4 Å². The minimum absolute atomic E-state index is 0.0750. The molecule has 2 nitrogen and oxygen atoms in total. The van der Waals surface area contributed by atoms with Crippen molar-refractivity contribution in [2.24, 2.45) is 0 Å². The SMILES string of the molecule is C=CCOCC(=O)c1cc(I)ccc1F. The van der Waals surface area contributed by atoms with E-state index in [4.69, 9.17) is 4.74 Å². The highest BCUT2D eigenvalue weighted by atomic mass is 127. The third kappa shape index (κ3) is 3.71. The van der Waals surface area contributed by atoms with Gasteiger partial charge in [-0.15, -0.1) is 6.58 Å². The summed E-state index contributed by atoms with van der Waals surface area (Å²) in [6, 6.07) is 4.40. The van der Waals surface area contributed by atoms with Crippen molar-refractivity contribution < 1.29 is 13.9 Å². The third-order valence-corrected chi connectivity index (χ3v) is 2.37. The number of ketones is 1. The number of benzene rings is 1. The molecule has 0 saturated heterocycles. The van der Waals surface area contributed by atoms with Crippen molar-refractivity contribution in [3.05, 3.63) is 45.8 Å². The van der Waals surface area contributed by atoms with E-state index >= 15 is 0 Å². The van der Waals surface area contributed by atoms with Gasteiger partial charge in [0.25, 0.3) is 0 Å². The molecule has 0 heterocycles. The van der Waals surface area contributed by atoms with Crippen molar-refractivity contribution in [2.45, 2.75) is 0 Å². The van der Waals surface area contributed by atoms with Gasteiger partial charge in [-0.1, -0.05) is 6.08 Å². The second-order valence-corrected chi connectivity index (χ2v) is 4.10. The van der Waals surface area contributed by atoms with E-state index in [-0.39, 0.29) is 24.6 Å². The molecule has 0 amide bonds. The van der Waals surface area contributed by atoms with Crippen LogP contribution in [0.15, 0.2) is 30.9 Å². The number of hydrogen-bond donors (Lipinski definition) is 0. The average molecular weight is 320 g/mol. The van der Waals surface area contributed by atoms with Gasteiger partial charge in [0.05, 0.1) is 12.2 Å². The molecular weight excluding hydrogens is 310 g/mol. The number of carbonyl (C=O) groups is 1. The van der Waals surface area contributed by atoms with Gasteiger partial charge in [0.2, 0.25) is 0 Å². The van der Waals surface area contributed by atoms with E-state index < -0.39 is 5.82 Å². The van der Waals surface area contributed by atoms with Gasteiger partial charge in [-0.05, 0) is 40.8 Å². The summed E-state index contributed by atoms with van der Waals surface area (Å²) < 4.78 is 19.0. The first-order valence-corrected chi connectivity index (χ1v) is 5.40. The number of halogens is 2. The lowest BCUT2D eigenvalue weighted by Crippen LogP contribution is -2.11. The van der Waals surface area contributed by atoms with Crippen LogP contribution in [0.5, 0.6) is 0 Å². The average Bonchev–Trinajstić information content (AvgIpc) is 2.22. The van der Waals surface area contributed by atoms with Crippen LogP contribution >= 0.6 is 22.6 Å². The van der Waals surface area contributed by atoms with Gasteiger partial charge in [0.1, 0.15) is 12.4 Å². The highest BCUT2D eigenvalue weighted by Crippen LogP contribution is 2.13. The van der Waals surface area contributed by atoms with E-state index in [1.807, 2.05) is 22.6 Å². The van der Waals surface area contributed by atoms with E-state index in [1.54, 1.807) is 12.1 Å². The van der Waals surface area contributed by atoms with E-state index in [9.17, 15) is 9.18 Å². The van der Waals surface area contributed by atoms with Gasteiger partial charge in [-0.3, -0.25) is 4.79 Å². The summed E-state index contributed by atoms with van der Waals surface area (Å²) in [5.74, 6) is -0.865. The summed E-state index contributed by atoms with van der Waals surface area (Å²) in [5, 5.41) is 0. The predicted octanol–water partition coefficient (Wildman–Crippen LogP) is 2.82.